The molecule has 35 heavy (non-hydrogen) atoms. The largest absolute Gasteiger partial charge is 0.451 e. The minimum absolute atomic E-state index is 0.0372. The van der Waals surface area contributed by atoms with E-state index in [-0.39, 0.29) is 18.1 Å². The molecule has 0 amide bonds. The summed E-state index contributed by atoms with van der Waals surface area (Å²) in [6.45, 7) is 1.50. The highest BCUT2D eigenvalue weighted by Gasteiger charge is 2.36. The average Bonchev–Trinajstić information content (AvgIpc) is 3.13. The number of benzene rings is 2. The standard InChI is InChI=1S/C24H18F3N5O3/c1-14-10-17(6-7-18(14)16-5-3-4-15(11-16)12-28)35-21-19(24(25,26)27)8-9-32(22(21)33)13-20-29-30-23(34)31(20)2/h3-11H,13H2,1-2H3,(H,30,34). The Morgan fingerprint density at radius 1 is 1.14 bits per heavy atom. The molecular formula is C24H18F3N5O3. The number of ether oxygens (including phenoxy) is 1. The lowest BCUT2D eigenvalue weighted by Crippen LogP contribution is -2.26. The SMILES string of the molecule is Cc1cc(Oc2c(C(F)(F)F)ccn(Cc3n[nH]c(=O)n3C)c2=O)ccc1-c1cccc(C#N)c1. The van der Waals surface area contributed by atoms with E-state index in [1.807, 2.05) is 6.07 Å². The van der Waals surface area contributed by atoms with Crippen LogP contribution < -0.4 is 16.0 Å². The first kappa shape index (κ1) is 23.6. The van der Waals surface area contributed by atoms with Crippen LogP contribution in [0.2, 0.25) is 0 Å². The van der Waals surface area contributed by atoms with Gasteiger partial charge in [0.05, 0.1) is 18.2 Å². The number of pyridine rings is 1. The molecule has 2 aromatic heterocycles. The molecule has 0 aliphatic carbocycles. The van der Waals surface area contributed by atoms with Crippen molar-refractivity contribution < 1.29 is 17.9 Å². The van der Waals surface area contributed by atoms with E-state index >= 15 is 0 Å². The van der Waals surface area contributed by atoms with E-state index < -0.39 is 28.7 Å². The molecular weight excluding hydrogens is 463 g/mol. The summed E-state index contributed by atoms with van der Waals surface area (Å²) in [5, 5.41) is 15.1. The van der Waals surface area contributed by atoms with Gasteiger partial charge in [0, 0.05) is 13.2 Å². The monoisotopic (exact) mass is 481 g/mol. The van der Waals surface area contributed by atoms with Crippen molar-refractivity contribution in [2.24, 2.45) is 7.05 Å². The number of aromatic nitrogens is 4. The predicted molar refractivity (Wildman–Crippen MR) is 120 cm³/mol. The zero-order valence-electron chi connectivity index (χ0n) is 18.6. The molecule has 0 unspecified atom stereocenters. The van der Waals surface area contributed by atoms with Gasteiger partial charge < -0.3 is 9.30 Å². The highest BCUT2D eigenvalue weighted by molar-refractivity contribution is 5.69. The van der Waals surface area contributed by atoms with E-state index in [0.29, 0.717) is 11.1 Å². The number of alkyl halides is 3. The molecule has 0 aliphatic rings. The summed E-state index contributed by atoms with van der Waals surface area (Å²) < 4.78 is 48.7. The van der Waals surface area contributed by atoms with Gasteiger partial charge in [0.1, 0.15) is 11.3 Å². The molecule has 0 atom stereocenters. The number of H-pyrrole nitrogens is 1. The Morgan fingerprint density at radius 2 is 1.91 bits per heavy atom. The van der Waals surface area contributed by atoms with E-state index in [0.717, 1.165) is 32.5 Å². The third kappa shape index (κ3) is 4.72. The van der Waals surface area contributed by atoms with Crippen LogP contribution in [0.1, 0.15) is 22.5 Å². The van der Waals surface area contributed by atoms with Gasteiger partial charge in [-0.1, -0.05) is 18.2 Å². The minimum Gasteiger partial charge on any atom is -0.451 e. The molecule has 0 saturated carbocycles. The van der Waals surface area contributed by atoms with Crippen molar-refractivity contribution in [2.45, 2.75) is 19.6 Å². The molecule has 0 aliphatic heterocycles. The van der Waals surface area contributed by atoms with E-state index in [2.05, 4.69) is 16.3 Å². The molecule has 0 spiro atoms. The van der Waals surface area contributed by atoms with Crippen LogP contribution in [0, 0.1) is 18.3 Å². The molecule has 2 aromatic carbocycles. The Bertz CT molecular complexity index is 1570. The summed E-state index contributed by atoms with van der Waals surface area (Å²) in [5.41, 5.74) is -0.111. The zero-order chi connectivity index (χ0) is 25.3. The maximum atomic E-state index is 13.7. The fourth-order valence-corrected chi connectivity index (χ4v) is 3.57. The lowest BCUT2D eigenvalue weighted by Gasteiger charge is -2.16. The first-order chi connectivity index (χ1) is 16.6. The van der Waals surface area contributed by atoms with Gasteiger partial charge in [-0.3, -0.25) is 9.36 Å². The molecule has 11 heteroatoms. The number of hydrogen-bond acceptors (Lipinski definition) is 5. The third-order valence-corrected chi connectivity index (χ3v) is 5.43. The van der Waals surface area contributed by atoms with Crippen molar-refractivity contribution in [3.63, 3.8) is 0 Å². The Hall–Kier alpha value is -4.59. The first-order valence-corrected chi connectivity index (χ1v) is 10.3. The van der Waals surface area contributed by atoms with Crippen LogP contribution in [0.5, 0.6) is 11.5 Å². The molecule has 178 valence electrons. The number of hydrogen-bond donors (Lipinski definition) is 1. The number of rotatable bonds is 5. The topological polar surface area (TPSA) is 106 Å². The van der Waals surface area contributed by atoms with Crippen LogP contribution >= 0.6 is 0 Å². The van der Waals surface area contributed by atoms with Crippen molar-refractivity contribution in [1.29, 1.82) is 5.26 Å². The second kappa shape index (κ2) is 8.98. The maximum Gasteiger partial charge on any atom is 0.420 e. The molecule has 4 rings (SSSR count). The van der Waals surface area contributed by atoms with Crippen molar-refractivity contribution in [3.8, 4) is 28.7 Å². The number of nitrogens with one attached hydrogen (secondary N) is 1. The second-order valence-electron chi connectivity index (χ2n) is 7.76. The molecule has 4 aromatic rings. The number of nitriles is 1. The second-order valence-corrected chi connectivity index (χ2v) is 7.76. The van der Waals surface area contributed by atoms with Crippen molar-refractivity contribution >= 4 is 0 Å². The number of nitrogens with zero attached hydrogens (tertiary/aromatic N) is 4. The number of halogens is 3. The van der Waals surface area contributed by atoms with E-state index in [1.54, 1.807) is 31.2 Å². The molecule has 2 heterocycles. The van der Waals surface area contributed by atoms with Crippen molar-refractivity contribution in [3.05, 3.63) is 98.1 Å². The molecule has 0 fully saturated rings. The smallest absolute Gasteiger partial charge is 0.420 e. The van der Waals surface area contributed by atoms with Gasteiger partial charge in [-0.25, -0.2) is 9.89 Å². The maximum absolute atomic E-state index is 13.7. The minimum atomic E-state index is -4.83. The average molecular weight is 481 g/mol. The van der Waals surface area contributed by atoms with Crippen LogP contribution in [0.3, 0.4) is 0 Å². The quantitative estimate of drug-likeness (QED) is 0.464. The van der Waals surface area contributed by atoms with E-state index in [9.17, 15) is 22.8 Å². The fraction of sp³-hybridized carbons (Fsp3) is 0.167. The lowest BCUT2D eigenvalue weighted by molar-refractivity contribution is -0.138. The first-order valence-electron chi connectivity index (χ1n) is 10.3. The van der Waals surface area contributed by atoms with Gasteiger partial charge in [-0.05, 0) is 53.9 Å². The summed E-state index contributed by atoms with van der Waals surface area (Å²) >= 11 is 0. The van der Waals surface area contributed by atoms with E-state index in [1.165, 1.54) is 19.2 Å². The normalized spacial score (nSPS) is 11.3. The van der Waals surface area contributed by atoms with Crippen LogP contribution in [0.25, 0.3) is 11.1 Å². The van der Waals surface area contributed by atoms with Gasteiger partial charge in [0.2, 0.25) is 5.75 Å². The zero-order valence-corrected chi connectivity index (χ0v) is 18.6. The van der Waals surface area contributed by atoms with E-state index in [4.69, 9.17) is 10.00 Å². The summed E-state index contributed by atoms with van der Waals surface area (Å²) in [6.07, 6.45) is -3.85. The van der Waals surface area contributed by atoms with Gasteiger partial charge in [-0.15, -0.1) is 0 Å². The van der Waals surface area contributed by atoms with Crippen LogP contribution in [0.15, 0.2) is 64.3 Å². The Labute approximate surface area is 196 Å². The Morgan fingerprint density at radius 3 is 2.54 bits per heavy atom. The highest BCUT2D eigenvalue weighted by atomic mass is 19.4. The van der Waals surface area contributed by atoms with Crippen LogP contribution in [-0.2, 0) is 19.8 Å². The fourth-order valence-electron chi connectivity index (χ4n) is 3.57. The van der Waals surface area contributed by atoms with Crippen LogP contribution in [-0.4, -0.2) is 19.3 Å². The molecule has 1 N–H and O–H groups in total. The van der Waals surface area contributed by atoms with Gasteiger partial charge in [0.25, 0.3) is 5.56 Å². The summed E-state index contributed by atoms with van der Waals surface area (Å²) in [4.78, 5) is 24.6. The summed E-state index contributed by atoms with van der Waals surface area (Å²) in [7, 11) is 1.42. The lowest BCUT2D eigenvalue weighted by atomic mass is 9.99. The molecule has 0 bridgehead atoms. The Balaban J connectivity index is 1.74. The summed E-state index contributed by atoms with van der Waals surface area (Å²) in [6, 6.07) is 14.3. The van der Waals surface area contributed by atoms with Gasteiger partial charge in [-0.2, -0.15) is 23.5 Å². The summed E-state index contributed by atoms with van der Waals surface area (Å²) in [5.74, 6) is -0.697. The Kier molecular flexibility index (Phi) is 6.05. The number of aromatic amines is 1. The molecule has 0 saturated heterocycles. The van der Waals surface area contributed by atoms with Gasteiger partial charge >= 0.3 is 11.9 Å². The van der Waals surface area contributed by atoms with Crippen LogP contribution in [0.4, 0.5) is 13.2 Å². The van der Waals surface area contributed by atoms with Gasteiger partial charge in [0.15, 0.2) is 5.82 Å². The predicted octanol–water partition coefficient (Wildman–Crippen LogP) is 3.98. The molecule has 0 radical (unpaired) electrons. The van der Waals surface area contributed by atoms with Crippen molar-refractivity contribution in [1.82, 2.24) is 19.3 Å². The number of aryl methyl sites for hydroxylation is 1. The van der Waals surface area contributed by atoms with Crippen molar-refractivity contribution in [2.75, 3.05) is 0 Å². The highest BCUT2D eigenvalue weighted by Crippen LogP contribution is 2.37. The third-order valence-electron chi connectivity index (χ3n) is 5.43. The molecule has 8 nitrogen and oxygen atoms in total.